The number of hydrogen-bond acceptors (Lipinski definition) is 8. The first-order valence-corrected chi connectivity index (χ1v) is 12.3. The number of nitrogens with zero attached hydrogens (tertiary/aromatic N) is 3. The molecule has 1 aromatic carbocycles. The van der Waals surface area contributed by atoms with Gasteiger partial charge in [0.1, 0.15) is 20.8 Å². The standard InChI is InChI=1S/C24H25N5O4S.ClH/c1-32-16-5-3-4-14-13(16)7-6-12-10-25-15(18(12)14)8-9-29-23(30)21-19(28-24(29)31)20-22(34-21)27-17(33-2)11-26-20;/h3-5,11-12,15,18,25H,6-10H2,1-2H3,(H,28,31);1H/t12-,15?,18+;/m0./s1. The second-order valence-corrected chi connectivity index (χ2v) is 9.91. The van der Waals surface area contributed by atoms with Crippen LogP contribution >= 0.6 is 23.7 Å². The average Bonchev–Trinajstić information content (AvgIpc) is 3.44. The highest BCUT2D eigenvalue weighted by molar-refractivity contribution is 7.25. The van der Waals surface area contributed by atoms with Gasteiger partial charge in [0.05, 0.1) is 25.9 Å². The number of halogens is 1. The number of nitrogens with one attached hydrogen (secondary N) is 2. The zero-order valence-electron chi connectivity index (χ0n) is 19.4. The molecule has 1 aliphatic heterocycles. The van der Waals surface area contributed by atoms with Gasteiger partial charge in [-0.15, -0.1) is 23.7 Å². The van der Waals surface area contributed by atoms with Crippen LogP contribution < -0.4 is 26.0 Å². The van der Waals surface area contributed by atoms with E-state index in [-0.39, 0.29) is 24.0 Å². The monoisotopic (exact) mass is 515 g/mol. The molecular formula is C24H26ClN5O4S. The lowest BCUT2D eigenvalue weighted by molar-refractivity contribution is 0.371. The SMILES string of the molecule is COc1cnc2c(n1)sc1c(=O)n(CCC3NC[C@@H]4CCc5c(OC)cccc5[C@H]34)c(=O)[nH]c12.Cl. The fourth-order valence-electron chi connectivity index (χ4n) is 5.68. The molecule has 0 bridgehead atoms. The van der Waals surface area contributed by atoms with E-state index in [2.05, 4.69) is 32.4 Å². The zero-order valence-corrected chi connectivity index (χ0v) is 21.0. The summed E-state index contributed by atoms with van der Waals surface area (Å²) in [5.74, 6) is 2.22. The number of methoxy groups -OCH3 is 2. The van der Waals surface area contributed by atoms with Crippen LogP contribution in [-0.4, -0.2) is 46.3 Å². The van der Waals surface area contributed by atoms with Gasteiger partial charge in [0.15, 0.2) is 0 Å². The molecule has 184 valence electrons. The average molecular weight is 516 g/mol. The van der Waals surface area contributed by atoms with Crippen LogP contribution in [0.1, 0.15) is 29.9 Å². The van der Waals surface area contributed by atoms with Gasteiger partial charge in [0, 0.05) is 18.5 Å². The largest absolute Gasteiger partial charge is 0.496 e. The second-order valence-electron chi connectivity index (χ2n) is 8.92. The number of aromatic amines is 1. The Morgan fingerprint density at radius 2 is 2.09 bits per heavy atom. The van der Waals surface area contributed by atoms with E-state index in [1.807, 2.05) is 6.07 Å². The first-order chi connectivity index (χ1) is 16.6. The van der Waals surface area contributed by atoms with E-state index >= 15 is 0 Å². The second kappa shape index (κ2) is 9.25. The van der Waals surface area contributed by atoms with Crippen molar-refractivity contribution in [3.63, 3.8) is 0 Å². The van der Waals surface area contributed by atoms with Crippen LogP contribution in [0.3, 0.4) is 0 Å². The number of benzene rings is 1. The van der Waals surface area contributed by atoms with Gasteiger partial charge in [-0.05, 0) is 48.9 Å². The molecular weight excluding hydrogens is 490 g/mol. The molecule has 0 amide bonds. The highest BCUT2D eigenvalue weighted by Crippen LogP contribution is 2.45. The lowest BCUT2D eigenvalue weighted by Gasteiger charge is -2.32. The quantitative estimate of drug-likeness (QED) is 0.420. The van der Waals surface area contributed by atoms with Crippen LogP contribution in [0, 0.1) is 5.92 Å². The third-order valence-corrected chi connectivity index (χ3v) is 8.33. The first kappa shape index (κ1) is 23.8. The number of aromatic nitrogens is 4. The van der Waals surface area contributed by atoms with Crippen LogP contribution in [0.25, 0.3) is 20.6 Å². The summed E-state index contributed by atoms with van der Waals surface area (Å²) in [6.45, 7) is 1.29. The van der Waals surface area contributed by atoms with Crippen molar-refractivity contribution in [2.45, 2.75) is 37.8 Å². The van der Waals surface area contributed by atoms with E-state index in [1.54, 1.807) is 7.11 Å². The predicted molar refractivity (Wildman–Crippen MR) is 138 cm³/mol. The molecule has 4 heterocycles. The molecule has 0 radical (unpaired) electrons. The minimum absolute atomic E-state index is 0. The van der Waals surface area contributed by atoms with E-state index in [0.717, 1.165) is 25.1 Å². The van der Waals surface area contributed by atoms with Crippen molar-refractivity contribution in [1.82, 2.24) is 24.8 Å². The summed E-state index contributed by atoms with van der Waals surface area (Å²) in [4.78, 5) is 38.3. The van der Waals surface area contributed by atoms with Crippen molar-refractivity contribution < 1.29 is 9.47 Å². The summed E-state index contributed by atoms with van der Waals surface area (Å²) in [5, 5.41) is 3.66. The Bertz CT molecular complexity index is 1530. The molecule has 1 unspecified atom stereocenters. The molecule has 0 saturated carbocycles. The Labute approximate surface area is 210 Å². The Balaban J connectivity index is 0.00000253. The molecule has 1 saturated heterocycles. The van der Waals surface area contributed by atoms with Gasteiger partial charge in [-0.3, -0.25) is 9.36 Å². The third kappa shape index (κ3) is 3.80. The van der Waals surface area contributed by atoms with Gasteiger partial charge in [-0.1, -0.05) is 12.1 Å². The third-order valence-electron chi connectivity index (χ3n) is 7.27. The van der Waals surface area contributed by atoms with Gasteiger partial charge >= 0.3 is 5.69 Å². The van der Waals surface area contributed by atoms with Crippen molar-refractivity contribution in [3.05, 3.63) is 56.4 Å². The van der Waals surface area contributed by atoms with Gasteiger partial charge in [0.25, 0.3) is 5.56 Å². The van der Waals surface area contributed by atoms with E-state index in [0.29, 0.717) is 51.2 Å². The Morgan fingerprint density at radius 3 is 2.89 bits per heavy atom. The van der Waals surface area contributed by atoms with Crippen LogP contribution in [0.5, 0.6) is 11.6 Å². The van der Waals surface area contributed by atoms with E-state index in [1.165, 1.54) is 40.3 Å². The predicted octanol–water partition coefficient (Wildman–Crippen LogP) is 2.84. The van der Waals surface area contributed by atoms with E-state index in [9.17, 15) is 9.59 Å². The minimum atomic E-state index is -0.421. The summed E-state index contributed by atoms with van der Waals surface area (Å²) in [5.41, 5.74) is 2.84. The Hall–Kier alpha value is -2.95. The number of hydrogen-bond donors (Lipinski definition) is 2. The summed E-state index contributed by atoms with van der Waals surface area (Å²) < 4.78 is 12.5. The van der Waals surface area contributed by atoms with Crippen molar-refractivity contribution >= 4 is 44.3 Å². The van der Waals surface area contributed by atoms with Crippen LogP contribution in [0.15, 0.2) is 34.0 Å². The molecule has 3 atom stereocenters. The molecule has 4 aromatic rings. The van der Waals surface area contributed by atoms with E-state index < -0.39 is 5.69 Å². The lowest BCUT2D eigenvalue weighted by atomic mass is 9.73. The highest BCUT2D eigenvalue weighted by atomic mass is 35.5. The van der Waals surface area contributed by atoms with Crippen LogP contribution in [0.4, 0.5) is 0 Å². The van der Waals surface area contributed by atoms with Gasteiger partial charge in [0.2, 0.25) is 5.88 Å². The summed E-state index contributed by atoms with van der Waals surface area (Å²) >= 11 is 1.23. The maximum atomic E-state index is 13.3. The topological polar surface area (TPSA) is 111 Å². The van der Waals surface area contributed by atoms with Crippen molar-refractivity contribution in [1.29, 1.82) is 0 Å². The number of fused-ring (bicyclic) bond motifs is 6. The molecule has 2 N–H and O–H groups in total. The molecule has 6 rings (SSSR count). The first-order valence-electron chi connectivity index (χ1n) is 11.4. The molecule has 1 aliphatic carbocycles. The highest BCUT2D eigenvalue weighted by Gasteiger charge is 2.40. The Kier molecular flexibility index (Phi) is 6.29. The molecule has 9 nitrogen and oxygen atoms in total. The number of H-pyrrole nitrogens is 1. The fraction of sp³-hybridized carbons (Fsp3) is 0.417. The smallest absolute Gasteiger partial charge is 0.328 e. The fourth-order valence-corrected chi connectivity index (χ4v) is 6.71. The maximum Gasteiger partial charge on any atom is 0.328 e. The summed E-state index contributed by atoms with van der Waals surface area (Å²) in [6, 6.07) is 6.46. The Morgan fingerprint density at radius 1 is 1.23 bits per heavy atom. The van der Waals surface area contributed by atoms with Gasteiger partial charge < -0.3 is 19.8 Å². The molecule has 2 aliphatic rings. The van der Waals surface area contributed by atoms with Crippen LogP contribution in [-0.2, 0) is 13.0 Å². The molecule has 0 spiro atoms. The van der Waals surface area contributed by atoms with Gasteiger partial charge in [-0.2, -0.15) is 4.98 Å². The normalized spacial score (nSPS) is 20.9. The maximum absolute atomic E-state index is 13.3. The zero-order chi connectivity index (χ0) is 23.4. The summed E-state index contributed by atoms with van der Waals surface area (Å²) in [7, 11) is 3.23. The van der Waals surface area contributed by atoms with Crippen molar-refractivity contribution in [2.75, 3.05) is 20.8 Å². The number of thiophene rings is 1. The van der Waals surface area contributed by atoms with Gasteiger partial charge in [-0.25, -0.2) is 9.78 Å². The van der Waals surface area contributed by atoms with Crippen molar-refractivity contribution in [2.24, 2.45) is 5.92 Å². The molecule has 11 heteroatoms. The van der Waals surface area contributed by atoms with Crippen molar-refractivity contribution in [3.8, 4) is 11.6 Å². The van der Waals surface area contributed by atoms with E-state index in [4.69, 9.17) is 9.47 Å². The molecule has 3 aromatic heterocycles. The molecule has 35 heavy (non-hydrogen) atoms. The number of rotatable bonds is 5. The number of ether oxygens (including phenoxy) is 2. The minimum Gasteiger partial charge on any atom is -0.496 e. The molecule has 1 fully saturated rings. The summed E-state index contributed by atoms with van der Waals surface area (Å²) in [6.07, 6.45) is 4.29. The van der Waals surface area contributed by atoms with Crippen LogP contribution in [0.2, 0.25) is 0 Å². The lowest BCUT2D eigenvalue weighted by Crippen LogP contribution is -2.37.